The van der Waals surface area contributed by atoms with Crippen LogP contribution in [0.2, 0.25) is 5.31 Å². The summed E-state index contributed by atoms with van der Waals surface area (Å²) in [6, 6.07) is 20.6. The largest absolute Gasteiger partial charge is 0.486 e. The van der Waals surface area contributed by atoms with Gasteiger partial charge < -0.3 is 15.1 Å². The van der Waals surface area contributed by atoms with Crippen molar-refractivity contribution in [2.24, 2.45) is 0 Å². The summed E-state index contributed by atoms with van der Waals surface area (Å²) >= 11 is 0. The fraction of sp³-hybridized carbons (Fsp3) is 0.304. The average Bonchev–Trinajstić information content (AvgIpc) is 2.66. The van der Waals surface area contributed by atoms with Crippen LogP contribution in [0.5, 0.6) is 5.75 Å². The van der Waals surface area contributed by atoms with Gasteiger partial charge in [0.1, 0.15) is 12.4 Å². The number of hydrogen-bond donors (Lipinski definition) is 1. The summed E-state index contributed by atoms with van der Waals surface area (Å²) in [5.41, 5.74) is 9.08. The number of rotatable bonds is 4. The Bertz CT molecular complexity index is 982. The predicted octanol–water partition coefficient (Wildman–Crippen LogP) is 4.79. The van der Waals surface area contributed by atoms with Crippen LogP contribution < -0.4 is 15.9 Å². The van der Waals surface area contributed by atoms with Crippen LogP contribution >= 0.6 is 0 Å². The third-order valence-corrected chi connectivity index (χ3v) is 6.18. The predicted molar refractivity (Wildman–Crippen MR) is 114 cm³/mol. The minimum absolute atomic E-state index is 0.0616. The van der Waals surface area contributed by atoms with E-state index in [1.807, 2.05) is 30.3 Å². The zero-order chi connectivity index (χ0) is 19.2. The molecule has 1 aliphatic rings. The molecule has 0 atom stereocenters. The molecule has 1 saturated heterocycles. The van der Waals surface area contributed by atoms with E-state index in [9.17, 15) is 0 Å². The van der Waals surface area contributed by atoms with Crippen LogP contribution in [0.15, 0.2) is 60.7 Å². The van der Waals surface area contributed by atoms with Gasteiger partial charge in [-0.2, -0.15) is 0 Å². The van der Waals surface area contributed by atoms with E-state index in [0.717, 1.165) is 22.1 Å². The summed E-state index contributed by atoms with van der Waals surface area (Å²) in [5.74, 6) is 0.745. The van der Waals surface area contributed by atoms with Crippen molar-refractivity contribution in [1.29, 1.82) is 0 Å². The van der Waals surface area contributed by atoms with Gasteiger partial charge in [-0.1, -0.05) is 68.4 Å². The van der Waals surface area contributed by atoms with Gasteiger partial charge in [0.2, 0.25) is 0 Å². The lowest BCUT2D eigenvalue weighted by Gasteiger charge is -2.57. The molecule has 3 nitrogen and oxygen atoms in total. The van der Waals surface area contributed by atoms with Crippen molar-refractivity contribution in [3.63, 3.8) is 0 Å². The van der Waals surface area contributed by atoms with Crippen LogP contribution in [-0.4, -0.2) is 12.5 Å². The van der Waals surface area contributed by atoms with Crippen molar-refractivity contribution >= 4 is 28.8 Å². The Labute approximate surface area is 161 Å². The van der Waals surface area contributed by atoms with Gasteiger partial charge >= 0.3 is 6.92 Å². The van der Waals surface area contributed by atoms with Crippen LogP contribution in [-0.2, 0) is 11.3 Å². The molecule has 138 valence electrons. The Kier molecular flexibility index (Phi) is 4.19. The SMILES string of the molecule is CC1(C)OB(c2ccc3ccc(N)c(OCc4ccccc4)c3c2)C1(C)C. The van der Waals surface area contributed by atoms with Crippen molar-refractivity contribution in [2.45, 2.75) is 45.2 Å². The second kappa shape index (κ2) is 6.31. The molecule has 1 aliphatic heterocycles. The summed E-state index contributed by atoms with van der Waals surface area (Å²) in [6.07, 6.45) is 0. The third kappa shape index (κ3) is 2.98. The van der Waals surface area contributed by atoms with Crippen LogP contribution in [0, 0.1) is 0 Å². The van der Waals surface area contributed by atoms with E-state index in [1.165, 1.54) is 5.46 Å². The van der Waals surface area contributed by atoms with Crippen LogP contribution in [0.1, 0.15) is 33.3 Å². The maximum Gasteiger partial charge on any atom is 0.335 e. The van der Waals surface area contributed by atoms with E-state index < -0.39 is 0 Å². The molecule has 2 N–H and O–H groups in total. The topological polar surface area (TPSA) is 44.5 Å². The van der Waals surface area contributed by atoms with Gasteiger partial charge in [0.25, 0.3) is 0 Å². The second-order valence-corrected chi connectivity index (χ2v) is 8.47. The Balaban J connectivity index is 1.70. The molecule has 1 fully saturated rings. The lowest BCUT2D eigenvalue weighted by molar-refractivity contribution is -0.00938. The molecule has 27 heavy (non-hydrogen) atoms. The summed E-state index contributed by atoms with van der Waals surface area (Å²) in [7, 11) is 0. The summed E-state index contributed by atoms with van der Waals surface area (Å²) in [4.78, 5) is 0. The lowest BCUT2D eigenvalue weighted by Crippen LogP contribution is -2.66. The summed E-state index contributed by atoms with van der Waals surface area (Å²) < 4.78 is 12.4. The Morgan fingerprint density at radius 3 is 2.33 bits per heavy atom. The zero-order valence-electron chi connectivity index (χ0n) is 16.5. The van der Waals surface area contributed by atoms with Gasteiger partial charge in [-0.05, 0) is 36.3 Å². The Morgan fingerprint density at radius 2 is 1.67 bits per heavy atom. The minimum atomic E-state index is -0.130. The highest BCUT2D eigenvalue weighted by Gasteiger charge is 2.59. The van der Waals surface area contributed by atoms with E-state index in [0.29, 0.717) is 12.3 Å². The molecule has 0 unspecified atom stereocenters. The highest BCUT2D eigenvalue weighted by molar-refractivity contribution is 6.73. The lowest BCUT2D eigenvalue weighted by atomic mass is 9.33. The summed E-state index contributed by atoms with van der Waals surface area (Å²) in [5, 5.41) is 2.21. The molecule has 0 radical (unpaired) electrons. The number of nitrogens with two attached hydrogens (primary N) is 1. The minimum Gasteiger partial charge on any atom is -0.486 e. The van der Waals surface area contributed by atoms with Crippen molar-refractivity contribution in [3.8, 4) is 5.75 Å². The van der Waals surface area contributed by atoms with E-state index in [4.69, 9.17) is 15.1 Å². The van der Waals surface area contributed by atoms with Crippen molar-refractivity contribution < 1.29 is 9.39 Å². The Morgan fingerprint density at radius 1 is 0.963 bits per heavy atom. The maximum absolute atomic E-state index is 6.26. The van der Waals surface area contributed by atoms with Crippen LogP contribution in [0.25, 0.3) is 10.8 Å². The highest BCUT2D eigenvalue weighted by atomic mass is 16.5. The number of nitrogen functional groups attached to an aromatic ring is 1. The van der Waals surface area contributed by atoms with Crippen molar-refractivity contribution in [1.82, 2.24) is 0 Å². The molecule has 0 aromatic heterocycles. The molecule has 4 rings (SSSR count). The molecule has 0 amide bonds. The average molecular weight is 359 g/mol. The van der Waals surface area contributed by atoms with E-state index in [1.54, 1.807) is 0 Å². The molecule has 1 heterocycles. The second-order valence-electron chi connectivity index (χ2n) is 8.47. The first kappa shape index (κ1) is 17.9. The smallest absolute Gasteiger partial charge is 0.335 e. The number of ether oxygens (including phenoxy) is 1. The maximum atomic E-state index is 6.26. The number of hydrogen-bond acceptors (Lipinski definition) is 3. The molecule has 3 aromatic rings. The highest BCUT2D eigenvalue weighted by Crippen LogP contribution is 2.53. The first-order chi connectivity index (χ1) is 12.8. The van der Waals surface area contributed by atoms with Crippen molar-refractivity contribution in [2.75, 3.05) is 5.73 Å². The Hall–Kier alpha value is -2.46. The van der Waals surface area contributed by atoms with E-state index in [-0.39, 0.29) is 17.8 Å². The molecule has 3 aromatic carbocycles. The molecule has 0 saturated carbocycles. The van der Waals surface area contributed by atoms with Crippen molar-refractivity contribution in [3.05, 3.63) is 66.2 Å². The quantitative estimate of drug-likeness (QED) is 0.538. The van der Waals surface area contributed by atoms with E-state index >= 15 is 0 Å². The third-order valence-electron chi connectivity index (χ3n) is 6.18. The first-order valence-electron chi connectivity index (χ1n) is 9.46. The summed E-state index contributed by atoms with van der Waals surface area (Å²) in [6.45, 7) is 9.38. The fourth-order valence-corrected chi connectivity index (χ4v) is 3.72. The molecule has 0 aliphatic carbocycles. The molecule has 0 spiro atoms. The molecule has 0 bridgehead atoms. The van der Waals surface area contributed by atoms with E-state index in [2.05, 4.69) is 58.0 Å². The zero-order valence-corrected chi connectivity index (χ0v) is 16.5. The van der Waals surface area contributed by atoms with Gasteiger partial charge in [-0.3, -0.25) is 0 Å². The molecular weight excluding hydrogens is 333 g/mol. The normalized spacial score (nSPS) is 17.6. The monoisotopic (exact) mass is 359 g/mol. The van der Waals surface area contributed by atoms with Gasteiger partial charge in [-0.25, -0.2) is 0 Å². The molecular formula is C23H26BNO2. The van der Waals surface area contributed by atoms with Crippen LogP contribution in [0.4, 0.5) is 5.69 Å². The number of fused-ring (bicyclic) bond motifs is 1. The van der Waals surface area contributed by atoms with Gasteiger partial charge in [-0.15, -0.1) is 0 Å². The standard InChI is InChI=1S/C23H26BNO2/c1-22(2)23(3,4)27-24(22)18-12-10-17-11-13-20(25)21(19(17)14-18)26-15-16-8-6-5-7-9-16/h5-14H,15,25H2,1-4H3. The van der Waals surface area contributed by atoms with Gasteiger partial charge in [0.05, 0.1) is 5.69 Å². The van der Waals surface area contributed by atoms with Gasteiger partial charge in [0.15, 0.2) is 0 Å². The van der Waals surface area contributed by atoms with Crippen LogP contribution in [0.3, 0.4) is 0 Å². The fourth-order valence-electron chi connectivity index (χ4n) is 3.72. The molecule has 4 heteroatoms. The van der Waals surface area contributed by atoms with Gasteiger partial charge in [0, 0.05) is 16.3 Å². The first-order valence-corrected chi connectivity index (χ1v) is 9.46. The number of benzene rings is 3. The number of anilines is 1.